The van der Waals surface area contributed by atoms with Gasteiger partial charge in [-0.3, -0.25) is 9.78 Å². The number of aromatic nitrogens is 3. The van der Waals surface area contributed by atoms with E-state index in [1.54, 1.807) is 12.3 Å². The molecule has 0 spiro atoms. The maximum Gasteiger partial charge on any atom is 0.322 e. The van der Waals surface area contributed by atoms with Crippen LogP contribution in [0, 0.1) is 0 Å². The Hall–Kier alpha value is -2.70. The number of pyridine rings is 1. The van der Waals surface area contributed by atoms with E-state index in [4.69, 9.17) is 5.11 Å². The number of aliphatic carboxylic acids is 1. The molecule has 0 aliphatic heterocycles. The Morgan fingerprint density at radius 3 is 2.63 bits per heavy atom. The number of hydrogen-bond acceptors (Lipinski definition) is 6. The zero-order chi connectivity index (χ0) is 13.5. The van der Waals surface area contributed by atoms with Gasteiger partial charge in [0.1, 0.15) is 24.5 Å². The minimum Gasteiger partial charge on any atom is -0.480 e. The van der Waals surface area contributed by atoms with Crippen LogP contribution in [-0.2, 0) is 11.3 Å². The molecule has 0 fully saturated rings. The summed E-state index contributed by atoms with van der Waals surface area (Å²) in [7, 11) is 0. The molecular formula is C12H13N5O2. The number of nitrogens with one attached hydrogen (secondary N) is 2. The van der Waals surface area contributed by atoms with Crippen molar-refractivity contribution >= 4 is 17.6 Å². The second-order valence-corrected chi connectivity index (χ2v) is 3.71. The van der Waals surface area contributed by atoms with Gasteiger partial charge in [-0.2, -0.15) is 0 Å². The molecule has 7 nitrogen and oxygen atoms in total. The molecule has 2 aromatic heterocycles. The Morgan fingerprint density at radius 2 is 1.95 bits per heavy atom. The highest BCUT2D eigenvalue weighted by Gasteiger charge is 2.01. The van der Waals surface area contributed by atoms with Crippen LogP contribution in [0.3, 0.4) is 0 Å². The van der Waals surface area contributed by atoms with Crippen molar-refractivity contribution in [3.8, 4) is 0 Å². The van der Waals surface area contributed by atoms with Crippen molar-refractivity contribution in [2.24, 2.45) is 0 Å². The summed E-state index contributed by atoms with van der Waals surface area (Å²) in [5.41, 5.74) is 0.890. The Balaban J connectivity index is 1.93. The first-order valence-electron chi connectivity index (χ1n) is 5.65. The highest BCUT2D eigenvalue weighted by Crippen LogP contribution is 2.09. The third-order valence-corrected chi connectivity index (χ3v) is 2.26. The summed E-state index contributed by atoms with van der Waals surface area (Å²) in [4.78, 5) is 22.6. The minimum absolute atomic E-state index is 0.184. The van der Waals surface area contributed by atoms with Gasteiger partial charge in [0.05, 0.1) is 12.2 Å². The Labute approximate surface area is 109 Å². The van der Waals surface area contributed by atoms with E-state index in [2.05, 4.69) is 25.6 Å². The number of hydrogen-bond donors (Lipinski definition) is 3. The van der Waals surface area contributed by atoms with Crippen LogP contribution < -0.4 is 10.6 Å². The summed E-state index contributed by atoms with van der Waals surface area (Å²) in [5.74, 6) is 0.121. The van der Waals surface area contributed by atoms with Gasteiger partial charge in [0.2, 0.25) is 0 Å². The van der Waals surface area contributed by atoms with E-state index in [0.717, 1.165) is 5.69 Å². The molecule has 19 heavy (non-hydrogen) atoms. The molecule has 0 aliphatic carbocycles. The SMILES string of the molecule is O=C(O)CNc1cc(NCc2ccccn2)ncn1. The van der Waals surface area contributed by atoms with Crippen molar-refractivity contribution in [2.75, 3.05) is 17.2 Å². The van der Waals surface area contributed by atoms with Gasteiger partial charge in [0.25, 0.3) is 0 Å². The van der Waals surface area contributed by atoms with Gasteiger partial charge in [-0.05, 0) is 12.1 Å². The number of carbonyl (C=O) groups is 1. The van der Waals surface area contributed by atoms with Crippen LogP contribution in [0.5, 0.6) is 0 Å². The van der Waals surface area contributed by atoms with Gasteiger partial charge >= 0.3 is 5.97 Å². The molecule has 2 aromatic rings. The van der Waals surface area contributed by atoms with E-state index in [0.29, 0.717) is 18.2 Å². The highest BCUT2D eigenvalue weighted by molar-refractivity contribution is 5.72. The third kappa shape index (κ3) is 4.23. The molecule has 0 unspecified atom stereocenters. The van der Waals surface area contributed by atoms with Crippen LogP contribution in [0.1, 0.15) is 5.69 Å². The van der Waals surface area contributed by atoms with Crippen LogP contribution >= 0.6 is 0 Å². The largest absolute Gasteiger partial charge is 0.480 e. The van der Waals surface area contributed by atoms with Crippen LogP contribution in [0.15, 0.2) is 36.8 Å². The fourth-order valence-electron chi connectivity index (χ4n) is 1.40. The summed E-state index contributed by atoms with van der Waals surface area (Å²) in [6.45, 7) is 0.354. The lowest BCUT2D eigenvalue weighted by Gasteiger charge is -2.07. The molecule has 7 heteroatoms. The van der Waals surface area contributed by atoms with E-state index < -0.39 is 5.97 Å². The molecule has 3 N–H and O–H groups in total. The van der Waals surface area contributed by atoms with E-state index in [1.165, 1.54) is 6.33 Å². The van der Waals surface area contributed by atoms with Crippen molar-refractivity contribution in [1.29, 1.82) is 0 Å². The topological polar surface area (TPSA) is 100 Å². The second-order valence-electron chi connectivity index (χ2n) is 3.71. The molecule has 0 saturated heterocycles. The van der Waals surface area contributed by atoms with Gasteiger partial charge in [-0.15, -0.1) is 0 Å². The van der Waals surface area contributed by atoms with Crippen molar-refractivity contribution < 1.29 is 9.90 Å². The summed E-state index contributed by atoms with van der Waals surface area (Å²) in [6.07, 6.45) is 3.09. The van der Waals surface area contributed by atoms with E-state index in [1.807, 2.05) is 18.2 Å². The molecule has 0 atom stereocenters. The normalized spacial score (nSPS) is 9.89. The summed E-state index contributed by atoms with van der Waals surface area (Å²) in [6, 6.07) is 7.30. The quantitative estimate of drug-likeness (QED) is 0.711. The fraction of sp³-hybridized carbons (Fsp3) is 0.167. The number of carboxylic acids is 1. The van der Waals surface area contributed by atoms with Gasteiger partial charge in [0.15, 0.2) is 0 Å². The van der Waals surface area contributed by atoms with Gasteiger partial charge in [-0.25, -0.2) is 9.97 Å². The van der Waals surface area contributed by atoms with Gasteiger partial charge in [0, 0.05) is 12.3 Å². The molecule has 0 aromatic carbocycles. The minimum atomic E-state index is -0.943. The van der Waals surface area contributed by atoms with Crippen LogP contribution in [0.2, 0.25) is 0 Å². The average molecular weight is 259 g/mol. The highest BCUT2D eigenvalue weighted by atomic mass is 16.4. The predicted octanol–water partition coefficient (Wildman–Crippen LogP) is 0.980. The summed E-state index contributed by atoms with van der Waals surface area (Å²) >= 11 is 0. The number of nitrogens with zero attached hydrogens (tertiary/aromatic N) is 3. The fourth-order valence-corrected chi connectivity index (χ4v) is 1.40. The maximum absolute atomic E-state index is 10.4. The number of anilines is 2. The smallest absolute Gasteiger partial charge is 0.322 e. The van der Waals surface area contributed by atoms with Crippen LogP contribution in [0.25, 0.3) is 0 Å². The van der Waals surface area contributed by atoms with Crippen molar-refractivity contribution in [1.82, 2.24) is 15.0 Å². The Kier molecular flexibility index (Phi) is 4.22. The molecular weight excluding hydrogens is 246 g/mol. The zero-order valence-corrected chi connectivity index (χ0v) is 10.1. The first-order chi connectivity index (χ1) is 9.24. The molecule has 2 heterocycles. The predicted molar refractivity (Wildman–Crippen MR) is 69.7 cm³/mol. The van der Waals surface area contributed by atoms with E-state index in [-0.39, 0.29) is 6.54 Å². The molecule has 2 rings (SSSR count). The van der Waals surface area contributed by atoms with Crippen LogP contribution in [-0.4, -0.2) is 32.6 Å². The maximum atomic E-state index is 10.4. The molecule has 0 saturated carbocycles. The Morgan fingerprint density at radius 1 is 1.16 bits per heavy atom. The first-order valence-corrected chi connectivity index (χ1v) is 5.65. The summed E-state index contributed by atoms with van der Waals surface area (Å²) < 4.78 is 0. The standard InChI is InChI=1S/C12H13N5O2/c18-12(19)7-15-11-5-10(16-8-17-11)14-6-9-3-1-2-4-13-9/h1-5,8H,6-7H2,(H,18,19)(H2,14,15,16,17). The van der Waals surface area contributed by atoms with Crippen LogP contribution in [0.4, 0.5) is 11.6 Å². The van der Waals surface area contributed by atoms with Crippen molar-refractivity contribution in [3.05, 3.63) is 42.5 Å². The summed E-state index contributed by atoms with van der Waals surface area (Å²) in [5, 5.41) is 14.3. The van der Waals surface area contributed by atoms with E-state index >= 15 is 0 Å². The van der Waals surface area contributed by atoms with Crippen molar-refractivity contribution in [2.45, 2.75) is 6.54 Å². The third-order valence-electron chi connectivity index (χ3n) is 2.26. The monoisotopic (exact) mass is 259 g/mol. The molecule has 0 bridgehead atoms. The lowest BCUT2D eigenvalue weighted by atomic mass is 10.3. The van der Waals surface area contributed by atoms with Gasteiger partial charge in [-0.1, -0.05) is 6.07 Å². The Bertz CT molecular complexity index is 547. The number of carboxylic acid groups (broad SMARTS) is 1. The molecule has 0 radical (unpaired) electrons. The molecule has 0 amide bonds. The zero-order valence-electron chi connectivity index (χ0n) is 10.1. The molecule has 0 aliphatic rings. The van der Waals surface area contributed by atoms with Crippen molar-refractivity contribution in [3.63, 3.8) is 0 Å². The molecule has 98 valence electrons. The van der Waals surface area contributed by atoms with Gasteiger partial charge < -0.3 is 15.7 Å². The number of rotatable bonds is 6. The lowest BCUT2D eigenvalue weighted by Crippen LogP contribution is -2.13. The van der Waals surface area contributed by atoms with E-state index in [9.17, 15) is 4.79 Å². The second kappa shape index (κ2) is 6.29. The first kappa shape index (κ1) is 12.7. The average Bonchev–Trinajstić information content (AvgIpc) is 2.44. The lowest BCUT2D eigenvalue weighted by molar-refractivity contribution is -0.134.